The summed E-state index contributed by atoms with van der Waals surface area (Å²) in [4.78, 5) is 17.9. The van der Waals surface area contributed by atoms with Crippen molar-refractivity contribution < 1.29 is 9.90 Å². The molecular formula is C12H11NO2S2. The molecule has 17 heavy (non-hydrogen) atoms. The van der Waals surface area contributed by atoms with Crippen LogP contribution >= 0.6 is 22.7 Å². The van der Waals surface area contributed by atoms with Crippen molar-refractivity contribution in [3.8, 4) is 9.88 Å². The van der Waals surface area contributed by atoms with Gasteiger partial charge in [-0.2, -0.15) is 0 Å². The van der Waals surface area contributed by atoms with E-state index in [4.69, 9.17) is 5.11 Å². The summed E-state index contributed by atoms with van der Waals surface area (Å²) in [5, 5.41) is 11.9. The van der Waals surface area contributed by atoms with E-state index in [1.54, 1.807) is 22.7 Å². The van der Waals surface area contributed by atoms with Crippen molar-refractivity contribution in [2.45, 2.75) is 25.2 Å². The highest BCUT2D eigenvalue weighted by molar-refractivity contribution is 7.21. The van der Waals surface area contributed by atoms with E-state index >= 15 is 0 Å². The number of hydrogen-bond acceptors (Lipinski definition) is 4. The molecule has 1 aliphatic carbocycles. The van der Waals surface area contributed by atoms with Gasteiger partial charge in [-0.25, -0.2) is 4.98 Å². The zero-order valence-corrected chi connectivity index (χ0v) is 10.7. The standard InChI is InChI=1S/C12H11NO2S2/c14-10(15)6-7-3-4-8-11(7)13-12(17-8)9-2-1-5-16-9/h1-2,5,7H,3-4,6H2,(H,14,15). The molecular weight excluding hydrogens is 254 g/mol. The number of carbonyl (C=O) groups is 1. The number of aryl methyl sites for hydroxylation is 1. The van der Waals surface area contributed by atoms with Crippen LogP contribution in [0.3, 0.4) is 0 Å². The van der Waals surface area contributed by atoms with Crippen LogP contribution in [0.4, 0.5) is 0 Å². The first-order valence-corrected chi connectivity index (χ1v) is 7.19. The van der Waals surface area contributed by atoms with Crippen LogP contribution in [0.15, 0.2) is 17.5 Å². The minimum atomic E-state index is -0.728. The third-order valence-corrected chi connectivity index (χ3v) is 5.16. The maximum Gasteiger partial charge on any atom is 0.304 e. The molecule has 0 amide bonds. The predicted octanol–water partition coefficient (Wildman–Crippen LogP) is 3.38. The van der Waals surface area contributed by atoms with Gasteiger partial charge in [0, 0.05) is 10.8 Å². The fourth-order valence-electron chi connectivity index (χ4n) is 2.22. The summed E-state index contributed by atoms with van der Waals surface area (Å²) in [6.45, 7) is 0. The molecule has 0 bridgehead atoms. The van der Waals surface area contributed by atoms with Gasteiger partial charge in [0.15, 0.2) is 0 Å². The maximum atomic E-state index is 10.8. The molecule has 2 aromatic rings. The fraction of sp³-hybridized carbons (Fsp3) is 0.333. The van der Waals surface area contributed by atoms with Crippen LogP contribution in [0.1, 0.15) is 29.3 Å². The highest BCUT2D eigenvalue weighted by Crippen LogP contribution is 2.41. The van der Waals surface area contributed by atoms with Gasteiger partial charge in [-0.1, -0.05) is 6.07 Å². The number of aliphatic carboxylic acids is 1. The molecule has 0 spiro atoms. The number of nitrogens with zero attached hydrogens (tertiary/aromatic N) is 1. The molecule has 88 valence electrons. The second-order valence-electron chi connectivity index (χ2n) is 4.14. The summed E-state index contributed by atoms with van der Waals surface area (Å²) in [5.74, 6) is -0.610. The Kier molecular flexibility index (Phi) is 2.72. The summed E-state index contributed by atoms with van der Waals surface area (Å²) in [6, 6.07) is 4.08. The summed E-state index contributed by atoms with van der Waals surface area (Å²) in [7, 11) is 0. The number of carboxylic acid groups (broad SMARTS) is 1. The Labute approximate surface area is 107 Å². The Bertz CT molecular complexity index is 545. The van der Waals surface area contributed by atoms with Gasteiger partial charge in [-0.05, 0) is 24.3 Å². The van der Waals surface area contributed by atoms with Crippen LogP contribution in [0, 0.1) is 0 Å². The quantitative estimate of drug-likeness (QED) is 0.925. The van der Waals surface area contributed by atoms with Crippen LogP contribution in [0.25, 0.3) is 9.88 Å². The van der Waals surface area contributed by atoms with Gasteiger partial charge >= 0.3 is 5.97 Å². The van der Waals surface area contributed by atoms with Gasteiger partial charge in [-0.15, -0.1) is 22.7 Å². The van der Waals surface area contributed by atoms with Crippen molar-refractivity contribution in [1.82, 2.24) is 4.98 Å². The summed E-state index contributed by atoms with van der Waals surface area (Å²) >= 11 is 3.40. The molecule has 3 nitrogen and oxygen atoms in total. The third-order valence-electron chi connectivity index (χ3n) is 2.99. The molecule has 2 aromatic heterocycles. The number of carboxylic acids is 1. The molecule has 1 N–H and O–H groups in total. The van der Waals surface area contributed by atoms with Gasteiger partial charge < -0.3 is 5.11 Å². The number of hydrogen-bond donors (Lipinski definition) is 1. The Morgan fingerprint density at radius 3 is 3.18 bits per heavy atom. The van der Waals surface area contributed by atoms with E-state index in [9.17, 15) is 4.79 Å². The zero-order chi connectivity index (χ0) is 11.8. The van der Waals surface area contributed by atoms with Gasteiger partial charge in [0.2, 0.25) is 0 Å². The lowest BCUT2D eigenvalue weighted by Crippen LogP contribution is -2.03. The third kappa shape index (κ3) is 2.00. The largest absolute Gasteiger partial charge is 0.481 e. The number of thiazole rings is 1. The number of fused-ring (bicyclic) bond motifs is 1. The van der Waals surface area contributed by atoms with Crippen molar-refractivity contribution in [2.24, 2.45) is 0 Å². The van der Waals surface area contributed by atoms with Crippen molar-refractivity contribution in [3.05, 3.63) is 28.1 Å². The second-order valence-corrected chi connectivity index (χ2v) is 6.17. The molecule has 0 aromatic carbocycles. The van der Waals surface area contributed by atoms with Crippen LogP contribution in [-0.2, 0) is 11.2 Å². The molecule has 0 aliphatic heterocycles. The Morgan fingerprint density at radius 2 is 2.47 bits per heavy atom. The zero-order valence-electron chi connectivity index (χ0n) is 9.05. The van der Waals surface area contributed by atoms with Gasteiger partial charge in [0.25, 0.3) is 0 Å². The summed E-state index contributed by atoms with van der Waals surface area (Å²) in [6.07, 6.45) is 2.13. The van der Waals surface area contributed by atoms with E-state index in [1.807, 2.05) is 11.4 Å². The van der Waals surface area contributed by atoms with E-state index in [0.29, 0.717) is 0 Å². The molecule has 1 atom stereocenters. The van der Waals surface area contributed by atoms with Crippen molar-refractivity contribution in [3.63, 3.8) is 0 Å². The SMILES string of the molecule is O=C(O)CC1CCc2sc(-c3cccs3)nc21. The number of thiophene rings is 1. The molecule has 0 saturated heterocycles. The lowest BCUT2D eigenvalue weighted by Gasteiger charge is -2.04. The molecule has 0 fully saturated rings. The topological polar surface area (TPSA) is 50.2 Å². The van der Waals surface area contributed by atoms with E-state index < -0.39 is 5.97 Å². The summed E-state index contributed by atoms with van der Waals surface area (Å²) in [5.41, 5.74) is 1.03. The lowest BCUT2D eigenvalue weighted by atomic mass is 10.0. The Morgan fingerprint density at radius 1 is 1.59 bits per heavy atom. The van der Waals surface area contributed by atoms with Crippen molar-refractivity contribution >= 4 is 28.6 Å². The molecule has 0 radical (unpaired) electrons. The van der Waals surface area contributed by atoms with Crippen LogP contribution in [-0.4, -0.2) is 16.1 Å². The van der Waals surface area contributed by atoms with E-state index in [0.717, 1.165) is 23.5 Å². The minimum Gasteiger partial charge on any atom is -0.481 e. The average molecular weight is 265 g/mol. The molecule has 2 heterocycles. The Hall–Kier alpha value is -1.20. The molecule has 1 unspecified atom stereocenters. The van der Waals surface area contributed by atoms with Gasteiger partial charge in [0.05, 0.1) is 17.0 Å². The molecule has 3 rings (SSSR count). The van der Waals surface area contributed by atoms with Gasteiger partial charge in [0.1, 0.15) is 5.01 Å². The number of rotatable bonds is 3. The smallest absolute Gasteiger partial charge is 0.304 e. The highest BCUT2D eigenvalue weighted by atomic mass is 32.1. The lowest BCUT2D eigenvalue weighted by molar-refractivity contribution is -0.137. The first kappa shape index (κ1) is 10.9. The van der Waals surface area contributed by atoms with Crippen molar-refractivity contribution in [2.75, 3.05) is 0 Å². The molecule has 1 aliphatic rings. The minimum absolute atomic E-state index is 0.118. The van der Waals surface area contributed by atoms with E-state index in [1.165, 1.54) is 9.75 Å². The van der Waals surface area contributed by atoms with Gasteiger partial charge in [-0.3, -0.25) is 4.79 Å². The van der Waals surface area contributed by atoms with E-state index in [2.05, 4.69) is 11.1 Å². The summed E-state index contributed by atoms with van der Waals surface area (Å²) < 4.78 is 0. The maximum absolute atomic E-state index is 10.8. The van der Waals surface area contributed by atoms with E-state index in [-0.39, 0.29) is 12.3 Å². The van der Waals surface area contributed by atoms with Crippen LogP contribution < -0.4 is 0 Å². The van der Waals surface area contributed by atoms with Crippen LogP contribution in [0.2, 0.25) is 0 Å². The van der Waals surface area contributed by atoms with Crippen molar-refractivity contribution in [1.29, 1.82) is 0 Å². The first-order valence-electron chi connectivity index (χ1n) is 5.49. The number of aromatic nitrogens is 1. The molecule has 0 saturated carbocycles. The monoisotopic (exact) mass is 265 g/mol. The average Bonchev–Trinajstić information content (AvgIpc) is 2.93. The second kappa shape index (κ2) is 4.23. The fourth-order valence-corrected chi connectivity index (χ4v) is 4.18. The first-order chi connectivity index (χ1) is 8.24. The predicted molar refractivity (Wildman–Crippen MR) is 68.7 cm³/mol. The highest BCUT2D eigenvalue weighted by Gasteiger charge is 2.29. The molecule has 5 heteroatoms. The Balaban J connectivity index is 1.92. The normalized spacial score (nSPS) is 18.2. The van der Waals surface area contributed by atoms with Crippen LogP contribution in [0.5, 0.6) is 0 Å².